The SMILES string of the molecule is COc1ccc2c(-c3ccccc3)cc(=O)oc2c1OC. The van der Waals surface area contributed by atoms with E-state index in [-0.39, 0.29) is 0 Å². The standard InChI is InChI=1S/C17H14O4/c1-19-14-9-8-12-13(11-6-4-3-5-7-11)10-15(18)21-16(12)17(14)20-2/h3-10H,1-2H3. The van der Waals surface area contributed by atoms with Gasteiger partial charge in [-0.1, -0.05) is 30.3 Å². The molecule has 106 valence electrons. The van der Waals surface area contributed by atoms with E-state index in [1.165, 1.54) is 13.2 Å². The van der Waals surface area contributed by atoms with Gasteiger partial charge in [0.1, 0.15) is 0 Å². The lowest BCUT2D eigenvalue weighted by atomic mass is 10.0. The van der Waals surface area contributed by atoms with Crippen molar-refractivity contribution < 1.29 is 13.9 Å². The molecule has 3 aromatic rings. The molecule has 4 heteroatoms. The molecule has 0 unspecified atom stereocenters. The fourth-order valence-electron chi connectivity index (χ4n) is 2.39. The maximum Gasteiger partial charge on any atom is 0.336 e. The molecular weight excluding hydrogens is 268 g/mol. The number of fused-ring (bicyclic) bond motifs is 1. The van der Waals surface area contributed by atoms with Gasteiger partial charge in [-0.25, -0.2) is 4.79 Å². The first kappa shape index (κ1) is 13.2. The van der Waals surface area contributed by atoms with Crippen LogP contribution in [0.15, 0.2) is 57.7 Å². The molecule has 21 heavy (non-hydrogen) atoms. The summed E-state index contributed by atoms with van der Waals surface area (Å²) in [5.41, 5.74) is 1.72. The fraction of sp³-hybridized carbons (Fsp3) is 0.118. The van der Waals surface area contributed by atoms with Crippen LogP contribution in [0.5, 0.6) is 11.5 Å². The summed E-state index contributed by atoms with van der Waals surface area (Å²) in [5.74, 6) is 0.947. The minimum Gasteiger partial charge on any atom is -0.493 e. The van der Waals surface area contributed by atoms with E-state index in [0.717, 1.165) is 16.5 Å². The van der Waals surface area contributed by atoms with Gasteiger partial charge in [0, 0.05) is 11.5 Å². The molecule has 3 rings (SSSR count). The Morgan fingerprint density at radius 3 is 2.38 bits per heavy atom. The van der Waals surface area contributed by atoms with Gasteiger partial charge in [-0.15, -0.1) is 0 Å². The molecule has 4 nitrogen and oxygen atoms in total. The minimum atomic E-state index is -0.423. The highest BCUT2D eigenvalue weighted by atomic mass is 16.5. The van der Waals surface area contributed by atoms with Crippen LogP contribution in [0.2, 0.25) is 0 Å². The molecular formula is C17H14O4. The molecule has 1 heterocycles. The molecule has 0 radical (unpaired) electrons. The molecule has 0 aliphatic carbocycles. The molecule has 0 saturated carbocycles. The second-order valence-electron chi connectivity index (χ2n) is 4.52. The van der Waals surface area contributed by atoms with E-state index in [0.29, 0.717) is 17.1 Å². The van der Waals surface area contributed by atoms with Crippen molar-refractivity contribution in [1.29, 1.82) is 0 Å². The smallest absolute Gasteiger partial charge is 0.336 e. The van der Waals surface area contributed by atoms with E-state index in [4.69, 9.17) is 13.9 Å². The molecule has 0 fully saturated rings. The second kappa shape index (κ2) is 5.32. The third-order valence-corrected chi connectivity index (χ3v) is 3.34. The molecule has 0 spiro atoms. The second-order valence-corrected chi connectivity index (χ2v) is 4.52. The number of ether oxygens (including phenoxy) is 2. The van der Waals surface area contributed by atoms with E-state index in [9.17, 15) is 4.79 Å². The lowest BCUT2D eigenvalue weighted by Crippen LogP contribution is -2.00. The van der Waals surface area contributed by atoms with Crippen LogP contribution in [0.3, 0.4) is 0 Å². The van der Waals surface area contributed by atoms with Gasteiger partial charge in [-0.05, 0) is 23.3 Å². The molecule has 0 atom stereocenters. The molecule has 0 N–H and O–H groups in total. The van der Waals surface area contributed by atoms with Crippen molar-refractivity contribution in [2.75, 3.05) is 14.2 Å². The number of hydrogen-bond acceptors (Lipinski definition) is 4. The molecule has 0 aliphatic rings. The van der Waals surface area contributed by atoms with Crippen molar-refractivity contribution in [3.8, 4) is 22.6 Å². The van der Waals surface area contributed by atoms with Gasteiger partial charge in [0.05, 0.1) is 14.2 Å². The predicted molar refractivity (Wildman–Crippen MR) is 81.0 cm³/mol. The maximum atomic E-state index is 11.9. The van der Waals surface area contributed by atoms with Gasteiger partial charge in [-0.2, -0.15) is 0 Å². The summed E-state index contributed by atoms with van der Waals surface area (Å²) >= 11 is 0. The Balaban J connectivity index is 2.40. The number of hydrogen-bond donors (Lipinski definition) is 0. The number of benzene rings is 2. The predicted octanol–water partition coefficient (Wildman–Crippen LogP) is 3.48. The molecule has 0 saturated heterocycles. The van der Waals surface area contributed by atoms with E-state index in [1.807, 2.05) is 36.4 Å². The highest BCUT2D eigenvalue weighted by Crippen LogP contribution is 2.38. The Morgan fingerprint density at radius 2 is 1.71 bits per heavy atom. The average Bonchev–Trinajstić information content (AvgIpc) is 2.53. The monoisotopic (exact) mass is 282 g/mol. The van der Waals surface area contributed by atoms with Crippen molar-refractivity contribution >= 4 is 11.0 Å². The Kier molecular flexibility index (Phi) is 3.36. The Hall–Kier alpha value is -2.75. The third-order valence-electron chi connectivity index (χ3n) is 3.34. The average molecular weight is 282 g/mol. The first-order valence-corrected chi connectivity index (χ1v) is 6.49. The molecule has 0 bridgehead atoms. The van der Waals surface area contributed by atoms with E-state index < -0.39 is 5.63 Å². The molecule has 2 aromatic carbocycles. The van der Waals surface area contributed by atoms with Gasteiger partial charge >= 0.3 is 5.63 Å². The normalized spacial score (nSPS) is 10.6. The van der Waals surface area contributed by atoms with Crippen molar-refractivity contribution in [3.05, 3.63) is 59.0 Å². The van der Waals surface area contributed by atoms with Crippen LogP contribution < -0.4 is 15.1 Å². The summed E-state index contributed by atoms with van der Waals surface area (Å²) in [4.78, 5) is 11.9. The van der Waals surface area contributed by atoms with Crippen molar-refractivity contribution in [2.45, 2.75) is 0 Å². The third kappa shape index (κ3) is 2.25. The van der Waals surface area contributed by atoms with Gasteiger partial charge in [0.15, 0.2) is 11.3 Å². The zero-order valence-electron chi connectivity index (χ0n) is 11.8. The summed E-state index contributed by atoms with van der Waals surface area (Å²) in [6.07, 6.45) is 0. The summed E-state index contributed by atoms with van der Waals surface area (Å²) in [6, 6.07) is 14.8. The van der Waals surface area contributed by atoms with E-state index in [1.54, 1.807) is 13.2 Å². The maximum absolute atomic E-state index is 11.9. The first-order chi connectivity index (χ1) is 10.2. The van der Waals surface area contributed by atoms with Gasteiger partial charge in [-0.3, -0.25) is 0 Å². The summed E-state index contributed by atoms with van der Waals surface area (Å²) in [5, 5.41) is 0.804. The quantitative estimate of drug-likeness (QED) is 0.690. The van der Waals surface area contributed by atoms with Gasteiger partial charge < -0.3 is 13.9 Å². The van der Waals surface area contributed by atoms with Crippen molar-refractivity contribution in [2.24, 2.45) is 0 Å². The number of methoxy groups -OCH3 is 2. The highest BCUT2D eigenvalue weighted by Gasteiger charge is 2.15. The lowest BCUT2D eigenvalue weighted by molar-refractivity contribution is 0.352. The van der Waals surface area contributed by atoms with Gasteiger partial charge in [0.25, 0.3) is 0 Å². The molecule has 0 amide bonds. The van der Waals surface area contributed by atoms with E-state index >= 15 is 0 Å². The van der Waals surface area contributed by atoms with Crippen molar-refractivity contribution in [3.63, 3.8) is 0 Å². The van der Waals surface area contributed by atoms with E-state index in [2.05, 4.69) is 0 Å². The zero-order chi connectivity index (χ0) is 14.8. The van der Waals surface area contributed by atoms with Crippen LogP contribution in [0.4, 0.5) is 0 Å². The fourth-order valence-corrected chi connectivity index (χ4v) is 2.39. The molecule has 0 aliphatic heterocycles. The largest absolute Gasteiger partial charge is 0.493 e. The van der Waals surface area contributed by atoms with Crippen LogP contribution in [-0.2, 0) is 0 Å². The Labute approximate surface area is 121 Å². The Bertz CT molecular complexity index is 835. The highest BCUT2D eigenvalue weighted by molar-refractivity contribution is 5.97. The summed E-state index contributed by atoms with van der Waals surface area (Å²) in [6.45, 7) is 0. The van der Waals surface area contributed by atoms with Crippen LogP contribution in [0.1, 0.15) is 0 Å². The number of rotatable bonds is 3. The molecule has 1 aromatic heterocycles. The van der Waals surface area contributed by atoms with Crippen molar-refractivity contribution in [1.82, 2.24) is 0 Å². The van der Waals surface area contributed by atoms with Crippen LogP contribution in [0, 0.1) is 0 Å². The topological polar surface area (TPSA) is 48.7 Å². The summed E-state index contributed by atoms with van der Waals surface area (Å²) < 4.78 is 15.9. The van der Waals surface area contributed by atoms with Gasteiger partial charge in [0.2, 0.25) is 5.75 Å². The zero-order valence-corrected chi connectivity index (χ0v) is 11.8. The Morgan fingerprint density at radius 1 is 0.952 bits per heavy atom. The van der Waals surface area contributed by atoms with Crippen LogP contribution in [-0.4, -0.2) is 14.2 Å². The van der Waals surface area contributed by atoms with Crippen LogP contribution >= 0.6 is 0 Å². The first-order valence-electron chi connectivity index (χ1n) is 6.49. The summed E-state index contributed by atoms with van der Waals surface area (Å²) in [7, 11) is 3.06. The minimum absolute atomic E-state index is 0.392. The lowest BCUT2D eigenvalue weighted by Gasteiger charge is -2.11. The van der Waals surface area contributed by atoms with Crippen LogP contribution in [0.25, 0.3) is 22.1 Å².